The zero-order valence-electron chi connectivity index (χ0n) is 9.56. The van der Waals surface area contributed by atoms with Crippen LogP contribution in [0.15, 0.2) is 18.2 Å². The highest BCUT2D eigenvalue weighted by molar-refractivity contribution is 5.61. The van der Waals surface area contributed by atoms with Gasteiger partial charge in [-0.05, 0) is 24.5 Å². The normalized spacial score (nSPS) is 22.6. The first kappa shape index (κ1) is 10.1. The Labute approximate surface area is 96.1 Å². The van der Waals surface area contributed by atoms with Gasteiger partial charge in [-0.3, -0.25) is 0 Å². The Bertz CT molecular complexity index is 392. The van der Waals surface area contributed by atoms with E-state index in [0.29, 0.717) is 0 Å². The third kappa shape index (κ3) is 1.43. The van der Waals surface area contributed by atoms with Crippen molar-refractivity contribution in [2.24, 2.45) is 0 Å². The Hall–Kier alpha value is -1.05. The zero-order valence-corrected chi connectivity index (χ0v) is 9.56. The molecule has 0 aromatic heterocycles. The number of para-hydroxylation sites is 1. The number of nitrogens with one attached hydrogen (secondary N) is 1. The minimum atomic E-state index is -0.0846. The zero-order chi connectivity index (χ0) is 11.0. The lowest BCUT2D eigenvalue weighted by Crippen LogP contribution is -2.27. The first-order valence-corrected chi connectivity index (χ1v) is 6.35. The number of rotatable bonds is 0. The average molecular weight is 219 g/mol. The van der Waals surface area contributed by atoms with Crippen LogP contribution in [0.3, 0.4) is 0 Å². The van der Waals surface area contributed by atoms with Gasteiger partial charge in [0.2, 0.25) is 0 Å². The molecule has 0 saturated heterocycles. The van der Waals surface area contributed by atoms with E-state index >= 15 is 0 Å². The van der Waals surface area contributed by atoms with E-state index in [1.54, 1.807) is 6.07 Å². The van der Waals surface area contributed by atoms with Crippen molar-refractivity contribution in [3.05, 3.63) is 29.6 Å². The van der Waals surface area contributed by atoms with Crippen LogP contribution in [-0.2, 0) is 5.41 Å². The summed E-state index contributed by atoms with van der Waals surface area (Å²) in [4.78, 5) is 0. The molecule has 1 nitrogen and oxygen atoms in total. The van der Waals surface area contributed by atoms with Gasteiger partial charge in [0.15, 0.2) is 0 Å². The van der Waals surface area contributed by atoms with Gasteiger partial charge in [0.1, 0.15) is 5.82 Å². The monoisotopic (exact) mass is 219 g/mol. The lowest BCUT2D eigenvalue weighted by molar-refractivity contribution is 0.408. The molecule has 1 aromatic carbocycles. The fourth-order valence-electron chi connectivity index (χ4n) is 3.35. The van der Waals surface area contributed by atoms with Crippen LogP contribution in [0.2, 0.25) is 0 Å². The SMILES string of the molecule is Fc1cccc2c1NCC21CCCCCC1. The molecule has 86 valence electrons. The number of hydrogen-bond donors (Lipinski definition) is 1. The van der Waals surface area contributed by atoms with Gasteiger partial charge in [0.05, 0.1) is 5.69 Å². The standard InChI is InChI=1S/C14H18FN/c15-12-7-5-6-11-13(12)16-10-14(11)8-3-1-2-4-9-14/h5-7,16H,1-4,8-10H2. The maximum atomic E-state index is 13.7. The largest absolute Gasteiger partial charge is 0.382 e. The van der Waals surface area contributed by atoms with Crippen LogP contribution < -0.4 is 5.32 Å². The number of anilines is 1. The second-order valence-corrected chi connectivity index (χ2v) is 5.21. The summed E-state index contributed by atoms with van der Waals surface area (Å²) in [6.07, 6.45) is 7.70. The van der Waals surface area contributed by atoms with Crippen molar-refractivity contribution in [1.29, 1.82) is 0 Å². The first-order valence-electron chi connectivity index (χ1n) is 6.35. The predicted molar refractivity (Wildman–Crippen MR) is 64.3 cm³/mol. The van der Waals surface area contributed by atoms with Crippen molar-refractivity contribution in [2.45, 2.75) is 43.9 Å². The lowest BCUT2D eigenvalue weighted by Gasteiger charge is -2.27. The van der Waals surface area contributed by atoms with E-state index in [1.807, 2.05) is 6.07 Å². The Morgan fingerprint density at radius 2 is 1.81 bits per heavy atom. The molecular formula is C14H18FN. The van der Waals surface area contributed by atoms with Gasteiger partial charge in [-0.2, -0.15) is 0 Å². The van der Waals surface area contributed by atoms with Gasteiger partial charge in [0, 0.05) is 12.0 Å². The van der Waals surface area contributed by atoms with Crippen LogP contribution in [0, 0.1) is 5.82 Å². The first-order chi connectivity index (χ1) is 7.82. The molecular weight excluding hydrogens is 201 g/mol. The van der Waals surface area contributed by atoms with E-state index in [9.17, 15) is 4.39 Å². The predicted octanol–water partition coefficient (Wildman–Crippen LogP) is 3.84. The van der Waals surface area contributed by atoms with Gasteiger partial charge in [-0.25, -0.2) is 4.39 Å². The van der Waals surface area contributed by atoms with Crippen molar-refractivity contribution in [2.75, 3.05) is 11.9 Å². The molecule has 0 atom stereocenters. The van der Waals surface area contributed by atoms with Crippen molar-refractivity contribution in [3.63, 3.8) is 0 Å². The number of hydrogen-bond acceptors (Lipinski definition) is 1. The van der Waals surface area contributed by atoms with Crippen LogP contribution in [0.25, 0.3) is 0 Å². The van der Waals surface area contributed by atoms with E-state index in [0.717, 1.165) is 12.2 Å². The fourth-order valence-corrected chi connectivity index (χ4v) is 3.35. The number of benzene rings is 1. The quantitative estimate of drug-likeness (QED) is 0.699. The molecule has 3 rings (SSSR count). The van der Waals surface area contributed by atoms with E-state index in [2.05, 4.69) is 11.4 Å². The summed E-state index contributed by atoms with van der Waals surface area (Å²) >= 11 is 0. The van der Waals surface area contributed by atoms with Crippen molar-refractivity contribution in [3.8, 4) is 0 Å². The Kier molecular flexibility index (Phi) is 2.38. The van der Waals surface area contributed by atoms with Crippen LogP contribution in [0.5, 0.6) is 0 Å². The van der Waals surface area contributed by atoms with E-state index in [-0.39, 0.29) is 11.2 Å². The summed E-state index contributed by atoms with van der Waals surface area (Å²) in [5.41, 5.74) is 2.23. The smallest absolute Gasteiger partial charge is 0.146 e. The minimum Gasteiger partial charge on any atom is -0.382 e. The molecule has 16 heavy (non-hydrogen) atoms. The van der Waals surface area contributed by atoms with Gasteiger partial charge in [-0.15, -0.1) is 0 Å². The Morgan fingerprint density at radius 1 is 1.06 bits per heavy atom. The molecule has 1 aromatic rings. The molecule has 0 radical (unpaired) electrons. The van der Waals surface area contributed by atoms with E-state index < -0.39 is 0 Å². The summed E-state index contributed by atoms with van der Waals surface area (Å²) in [6, 6.07) is 5.53. The van der Waals surface area contributed by atoms with Gasteiger partial charge >= 0.3 is 0 Å². The van der Waals surface area contributed by atoms with Crippen LogP contribution in [0.4, 0.5) is 10.1 Å². The van der Waals surface area contributed by atoms with Gasteiger partial charge < -0.3 is 5.32 Å². The summed E-state index contributed by atoms with van der Waals surface area (Å²) in [5, 5.41) is 3.28. The number of fused-ring (bicyclic) bond motifs is 2. The topological polar surface area (TPSA) is 12.0 Å². The van der Waals surface area contributed by atoms with Crippen LogP contribution >= 0.6 is 0 Å². The molecule has 0 amide bonds. The third-order valence-electron chi connectivity index (χ3n) is 4.25. The lowest BCUT2D eigenvalue weighted by atomic mass is 9.76. The van der Waals surface area contributed by atoms with Gasteiger partial charge in [0.25, 0.3) is 0 Å². The average Bonchev–Trinajstić information content (AvgIpc) is 2.49. The molecule has 1 N–H and O–H groups in total. The summed E-state index contributed by atoms with van der Waals surface area (Å²) < 4.78 is 13.7. The molecule has 0 bridgehead atoms. The van der Waals surface area contributed by atoms with E-state index in [1.165, 1.54) is 44.1 Å². The summed E-state index contributed by atoms with van der Waals surface area (Å²) in [6.45, 7) is 0.934. The Balaban J connectivity index is 2.03. The van der Waals surface area contributed by atoms with Crippen molar-refractivity contribution >= 4 is 5.69 Å². The second kappa shape index (κ2) is 3.76. The highest BCUT2D eigenvalue weighted by Crippen LogP contribution is 2.46. The molecule has 1 fully saturated rings. The van der Waals surface area contributed by atoms with Crippen LogP contribution in [-0.4, -0.2) is 6.54 Å². The molecule has 2 heteroatoms. The fraction of sp³-hybridized carbons (Fsp3) is 0.571. The van der Waals surface area contributed by atoms with Crippen molar-refractivity contribution < 1.29 is 4.39 Å². The molecule has 1 aliphatic carbocycles. The maximum Gasteiger partial charge on any atom is 0.146 e. The third-order valence-corrected chi connectivity index (χ3v) is 4.25. The van der Waals surface area contributed by atoms with E-state index in [4.69, 9.17) is 0 Å². The Morgan fingerprint density at radius 3 is 2.56 bits per heavy atom. The molecule has 1 heterocycles. The number of halogens is 1. The summed E-state index contributed by atoms with van der Waals surface area (Å²) in [7, 11) is 0. The second-order valence-electron chi connectivity index (χ2n) is 5.21. The highest BCUT2D eigenvalue weighted by Gasteiger charge is 2.39. The minimum absolute atomic E-state index is 0.0846. The maximum absolute atomic E-state index is 13.7. The molecule has 2 aliphatic rings. The molecule has 1 spiro atoms. The van der Waals surface area contributed by atoms with Crippen LogP contribution in [0.1, 0.15) is 44.1 Å². The summed E-state index contributed by atoms with van der Waals surface area (Å²) in [5.74, 6) is -0.0846. The molecule has 1 saturated carbocycles. The van der Waals surface area contributed by atoms with Gasteiger partial charge in [-0.1, -0.05) is 37.8 Å². The molecule has 0 unspecified atom stereocenters. The molecule has 1 aliphatic heterocycles. The highest BCUT2D eigenvalue weighted by atomic mass is 19.1. The van der Waals surface area contributed by atoms with Crippen molar-refractivity contribution in [1.82, 2.24) is 0 Å².